The lowest BCUT2D eigenvalue weighted by molar-refractivity contribution is -0.132. The number of amides is 1. The zero-order valence-corrected chi connectivity index (χ0v) is 19.5. The highest BCUT2D eigenvalue weighted by Gasteiger charge is 2.29. The molecule has 0 fully saturated rings. The van der Waals surface area contributed by atoms with Crippen LogP contribution in [0.4, 0.5) is 0 Å². The van der Waals surface area contributed by atoms with E-state index in [1.807, 2.05) is 66.0 Å². The normalized spacial score (nSPS) is 11.7. The number of carbonyl (C=O) groups excluding carboxylic acids is 1. The summed E-state index contributed by atoms with van der Waals surface area (Å²) in [6.45, 7) is 4.32. The Kier molecular flexibility index (Phi) is 8.01. The van der Waals surface area contributed by atoms with Gasteiger partial charge in [-0.05, 0) is 36.4 Å². The van der Waals surface area contributed by atoms with Crippen molar-refractivity contribution in [3.8, 4) is 0 Å². The van der Waals surface area contributed by atoms with Gasteiger partial charge in [0.15, 0.2) is 0 Å². The van der Waals surface area contributed by atoms with Crippen LogP contribution in [0.15, 0.2) is 78.2 Å². The molecule has 0 saturated heterocycles. The van der Waals surface area contributed by atoms with Crippen LogP contribution < -0.4 is 0 Å². The van der Waals surface area contributed by atoms with Crippen LogP contribution in [0.2, 0.25) is 0 Å². The fourth-order valence-electron chi connectivity index (χ4n) is 3.33. The SMILES string of the molecule is CC(C)N(CC(=O)N(Cc1ccccc1)Cc1cccs1)S(=O)(=O)Cc1ccccc1. The van der Waals surface area contributed by atoms with Gasteiger partial charge >= 0.3 is 0 Å². The molecule has 7 heteroatoms. The van der Waals surface area contributed by atoms with Crippen molar-refractivity contribution in [2.45, 2.75) is 38.7 Å². The zero-order chi connectivity index (χ0) is 22.3. The van der Waals surface area contributed by atoms with Crippen molar-refractivity contribution in [2.24, 2.45) is 0 Å². The second-order valence-electron chi connectivity index (χ2n) is 7.70. The maximum atomic E-state index is 13.3. The third kappa shape index (κ3) is 6.75. The first-order valence-corrected chi connectivity index (χ1v) is 12.7. The summed E-state index contributed by atoms with van der Waals surface area (Å²) in [7, 11) is -3.65. The summed E-state index contributed by atoms with van der Waals surface area (Å²) in [5.41, 5.74) is 1.72. The topological polar surface area (TPSA) is 57.7 Å². The van der Waals surface area contributed by atoms with Crippen molar-refractivity contribution in [3.05, 3.63) is 94.2 Å². The molecule has 0 radical (unpaired) electrons. The highest BCUT2D eigenvalue weighted by Crippen LogP contribution is 2.18. The smallest absolute Gasteiger partial charge is 0.238 e. The average molecular weight is 457 g/mol. The van der Waals surface area contributed by atoms with Crippen LogP contribution in [-0.4, -0.2) is 36.1 Å². The van der Waals surface area contributed by atoms with Crippen LogP contribution in [0.25, 0.3) is 0 Å². The summed E-state index contributed by atoms with van der Waals surface area (Å²) in [4.78, 5) is 16.1. The molecule has 0 atom stereocenters. The molecule has 1 amide bonds. The minimum atomic E-state index is -3.65. The zero-order valence-electron chi connectivity index (χ0n) is 17.8. The number of rotatable bonds is 10. The molecular weight excluding hydrogens is 428 g/mol. The molecule has 0 saturated carbocycles. The van der Waals surface area contributed by atoms with E-state index in [0.717, 1.165) is 10.4 Å². The van der Waals surface area contributed by atoms with Gasteiger partial charge in [-0.15, -0.1) is 11.3 Å². The molecule has 5 nitrogen and oxygen atoms in total. The van der Waals surface area contributed by atoms with Crippen molar-refractivity contribution in [2.75, 3.05) is 6.54 Å². The van der Waals surface area contributed by atoms with E-state index >= 15 is 0 Å². The lowest BCUT2D eigenvalue weighted by Gasteiger charge is -2.29. The molecule has 1 heterocycles. The van der Waals surface area contributed by atoms with E-state index in [1.54, 1.807) is 42.2 Å². The predicted octanol–water partition coefficient (Wildman–Crippen LogP) is 4.52. The molecule has 1 aromatic heterocycles. The molecular formula is C24H28N2O3S2. The Morgan fingerprint density at radius 3 is 2.03 bits per heavy atom. The molecule has 0 aliphatic heterocycles. The van der Waals surface area contributed by atoms with Gasteiger partial charge in [-0.2, -0.15) is 4.31 Å². The molecule has 0 spiro atoms. The van der Waals surface area contributed by atoms with Crippen molar-refractivity contribution in [1.82, 2.24) is 9.21 Å². The minimum absolute atomic E-state index is 0.122. The predicted molar refractivity (Wildman–Crippen MR) is 126 cm³/mol. The highest BCUT2D eigenvalue weighted by atomic mass is 32.2. The summed E-state index contributed by atoms with van der Waals surface area (Å²) in [6.07, 6.45) is 0. The lowest BCUT2D eigenvalue weighted by atomic mass is 10.2. The van der Waals surface area contributed by atoms with Gasteiger partial charge in [0.05, 0.1) is 18.8 Å². The van der Waals surface area contributed by atoms with Gasteiger partial charge in [0.1, 0.15) is 0 Å². The first kappa shape index (κ1) is 23.2. The van der Waals surface area contributed by atoms with Gasteiger partial charge in [-0.3, -0.25) is 4.79 Å². The number of thiophene rings is 1. The van der Waals surface area contributed by atoms with E-state index < -0.39 is 10.0 Å². The van der Waals surface area contributed by atoms with Gasteiger partial charge in [0.25, 0.3) is 0 Å². The molecule has 0 aliphatic rings. The van der Waals surface area contributed by atoms with Crippen molar-refractivity contribution in [3.63, 3.8) is 0 Å². The number of nitrogens with zero attached hydrogens (tertiary/aromatic N) is 2. The Balaban J connectivity index is 1.79. The van der Waals surface area contributed by atoms with Crippen LogP contribution in [-0.2, 0) is 33.7 Å². The van der Waals surface area contributed by atoms with Crippen molar-refractivity contribution in [1.29, 1.82) is 0 Å². The Labute approximate surface area is 189 Å². The maximum Gasteiger partial charge on any atom is 0.238 e. The molecule has 0 unspecified atom stereocenters. The molecule has 31 heavy (non-hydrogen) atoms. The van der Waals surface area contributed by atoms with Crippen LogP contribution in [0.5, 0.6) is 0 Å². The van der Waals surface area contributed by atoms with E-state index in [4.69, 9.17) is 0 Å². The van der Waals surface area contributed by atoms with Gasteiger partial charge in [0.2, 0.25) is 15.9 Å². The summed E-state index contributed by atoms with van der Waals surface area (Å²) < 4.78 is 27.6. The van der Waals surface area contributed by atoms with E-state index in [9.17, 15) is 13.2 Å². The lowest BCUT2D eigenvalue weighted by Crippen LogP contribution is -2.45. The second-order valence-corrected chi connectivity index (χ2v) is 10.6. The summed E-state index contributed by atoms with van der Waals surface area (Å²) in [5.74, 6) is -0.328. The number of hydrogen-bond acceptors (Lipinski definition) is 4. The Morgan fingerprint density at radius 1 is 0.871 bits per heavy atom. The molecule has 0 aliphatic carbocycles. The minimum Gasteiger partial charge on any atom is -0.332 e. The first-order chi connectivity index (χ1) is 14.8. The van der Waals surface area contributed by atoms with E-state index in [-0.39, 0.29) is 24.2 Å². The fourth-order valence-corrected chi connectivity index (χ4v) is 5.78. The standard InChI is InChI=1S/C24H28N2O3S2/c1-20(2)26(31(28,29)19-22-12-7-4-8-13-22)18-24(27)25(17-23-14-9-15-30-23)16-21-10-5-3-6-11-21/h3-15,20H,16-19H2,1-2H3. The first-order valence-electron chi connectivity index (χ1n) is 10.2. The molecule has 3 aromatic rings. The quantitative estimate of drug-likeness (QED) is 0.451. The molecule has 0 N–H and O–H groups in total. The van der Waals surface area contributed by atoms with Crippen LogP contribution in [0, 0.1) is 0 Å². The summed E-state index contributed by atoms with van der Waals surface area (Å²) in [5, 5.41) is 1.98. The maximum absolute atomic E-state index is 13.3. The van der Waals surface area contributed by atoms with Crippen molar-refractivity contribution < 1.29 is 13.2 Å². The van der Waals surface area contributed by atoms with E-state index in [2.05, 4.69) is 0 Å². The van der Waals surface area contributed by atoms with Gasteiger partial charge in [0, 0.05) is 17.5 Å². The van der Waals surface area contributed by atoms with Crippen molar-refractivity contribution >= 4 is 27.3 Å². The Morgan fingerprint density at radius 2 is 1.48 bits per heavy atom. The van der Waals surface area contributed by atoms with Gasteiger partial charge < -0.3 is 4.90 Å². The number of carbonyl (C=O) groups is 1. The Hall–Kier alpha value is -2.48. The summed E-state index contributed by atoms with van der Waals surface area (Å²) in [6, 6.07) is 22.4. The van der Waals surface area contributed by atoms with E-state index in [1.165, 1.54) is 4.31 Å². The number of sulfonamides is 1. The van der Waals surface area contributed by atoms with Gasteiger partial charge in [-0.1, -0.05) is 66.7 Å². The third-order valence-electron chi connectivity index (χ3n) is 4.91. The molecule has 3 rings (SSSR count). The number of benzene rings is 2. The second kappa shape index (κ2) is 10.7. The largest absolute Gasteiger partial charge is 0.332 e. The Bertz CT molecular complexity index is 1050. The van der Waals surface area contributed by atoms with E-state index in [0.29, 0.717) is 18.7 Å². The monoisotopic (exact) mass is 456 g/mol. The summed E-state index contributed by atoms with van der Waals surface area (Å²) >= 11 is 1.59. The molecule has 2 aromatic carbocycles. The third-order valence-corrected chi connectivity index (χ3v) is 7.74. The number of hydrogen-bond donors (Lipinski definition) is 0. The average Bonchev–Trinajstić information content (AvgIpc) is 3.25. The van der Waals surface area contributed by atoms with Gasteiger partial charge in [-0.25, -0.2) is 8.42 Å². The molecule has 0 bridgehead atoms. The van der Waals surface area contributed by atoms with Crippen LogP contribution in [0.3, 0.4) is 0 Å². The highest BCUT2D eigenvalue weighted by molar-refractivity contribution is 7.88. The molecule has 164 valence electrons. The van der Waals surface area contributed by atoms with Crippen LogP contribution in [0.1, 0.15) is 29.9 Å². The fraction of sp³-hybridized carbons (Fsp3) is 0.292. The van der Waals surface area contributed by atoms with Crippen LogP contribution >= 0.6 is 11.3 Å².